The van der Waals surface area contributed by atoms with E-state index in [0.29, 0.717) is 0 Å². The second-order valence-corrected chi connectivity index (χ2v) is 4.40. The van der Waals surface area contributed by atoms with Gasteiger partial charge in [-0.3, -0.25) is 4.79 Å². The maximum Gasteiger partial charge on any atom is 0.418 e. The Morgan fingerprint density at radius 1 is 1.33 bits per heavy atom. The number of halogens is 3. The highest BCUT2D eigenvalue weighted by molar-refractivity contribution is 5.95. The van der Waals surface area contributed by atoms with Crippen LogP contribution >= 0.6 is 0 Å². The Hall–Kier alpha value is -2.31. The minimum atomic E-state index is -4.60. The number of carbonyl (C=O) groups is 1. The van der Waals surface area contributed by atoms with Gasteiger partial charge in [-0.25, -0.2) is 4.79 Å². The molecule has 0 saturated carbocycles. The monoisotopic (exact) mass is 299 g/mol. The molecule has 1 aromatic carbocycles. The number of hydrogen-bond donors (Lipinski definition) is 1. The molecule has 0 spiro atoms. The summed E-state index contributed by atoms with van der Waals surface area (Å²) < 4.78 is 43.6. The third kappa shape index (κ3) is 2.63. The van der Waals surface area contributed by atoms with Gasteiger partial charge in [-0.2, -0.15) is 13.2 Å². The first-order valence-corrected chi connectivity index (χ1v) is 6.17. The Balaban J connectivity index is 2.81. The summed E-state index contributed by atoms with van der Waals surface area (Å²) >= 11 is 0. The molecular weight excluding hydrogens is 287 g/mol. The highest BCUT2D eigenvalue weighted by atomic mass is 19.4. The predicted octanol–water partition coefficient (Wildman–Crippen LogP) is 3.03. The molecule has 0 bridgehead atoms. The van der Waals surface area contributed by atoms with E-state index in [-0.39, 0.29) is 28.8 Å². The zero-order chi connectivity index (χ0) is 15.8. The lowest BCUT2D eigenvalue weighted by Gasteiger charge is -2.12. The molecule has 1 aromatic heterocycles. The summed E-state index contributed by atoms with van der Waals surface area (Å²) in [5.74, 6) is -0.851. The lowest BCUT2D eigenvalue weighted by Crippen LogP contribution is -2.22. The Kier molecular flexibility index (Phi) is 3.76. The SMILES string of the molecule is CCOC(=O)c1c(C)[nH]c2c(C(F)(F)F)cccc2c1=O. The number of pyridine rings is 1. The highest BCUT2D eigenvalue weighted by Crippen LogP contribution is 2.33. The fraction of sp³-hybridized carbons (Fsp3) is 0.286. The number of esters is 1. The summed E-state index contributed by atoms with van der Waals surface area (Å²) in [5, 5.41) is -0.196. The van der Waals surface area contributed by atoms with Gasteiger partial charge in [-0.1, -0.05) is 6.07 Å². The molecule has 4 nitrogen and oxygen atoms in total. The van der Waals surface area contributed by atoms with Crippen LogP contribution in [0.5, 0.6) is 0 Å². The van der Waals surface area contributed by atoms with E-state index in [1.54, 1.807) is 6.92 Å². The molecule has 0 aliphatic rings. The lowest BCUT2D eigenvalue weighted by molar-refractivity contribution is -0.136. The Labute approximate surface area is 117 Å². The van der Waals surface area contributed by atoms with Crippen LogP contribution in [0.3, 0.4) is 0 Å². The molecule has 0 aliphatic heterocycles. The number of rotatable bonds is 2. The summed E-state index contributed by atoms with van der Waals surface area (Å²) in [6.45, 7) is 3.00. The van der Waals surface area contributed by atoms with Crippen molar-refractivity contribution in [2.75, 3.05) is 6.61 Å². The molecule has 2 rings (SSSR count). The van der Waals surface area contributed by atoms with Gasteiger partial charge in [-0.15, -0.1) is 0 Å². The first kappa shape index (κ1) is 15.1. The van der Waals surface area contributed by atoms with Crippen LogP contribution in [0, 0.1) is 6.92 Å². The molecule has 0 aliphatic carbocycles. The number of aryl methyl sites for hydroxylation is 1. The maximum atomic E-state index is 12.9. The zero-order valence-corrected chi connectivity index (χ0v) is 11.3. The molecule has 0 atom stereocenters. The Morgan fingerprint density at radius 2 is 2.00 bits per heavy atom. The minimum Gasteiger partial charge on any atom is -0.462 e. The molecular formula is C14H12F3NO3. The van der Waals surface area contributed by atoms with Gasteiger partial charge in [0.25, 0.3) is 0 Å². The Morgan fingerprint density at radius 3 is 2.57 bits per heavy atom. The van der Waals surface area contributed by atoms with Crippen molar-refractivity contribution >= 4 is 16.9 Å². The van der Waals surface area contributed by atoms with E-state index in [0.717, 1.165) is 12.1 Å². The van der Waals surface area contributed by atoms with Gasteiger partial charge >= 0.3 is 12.1 Å². The van der Waals surface area contributed by atoms with Crippen molar-refractivity contribution in [2.24, 2.45) is 0 Å². The van der Waals surface area contributed by atoms with E-state index in [1.165, 1.54) is 13.0 Å². The molecule has 0 saturated heterocycles. The number of H-pyrrole nitrogens is 1. The average molecular weight is 299 g/mol. The molecule has 0 fully saturated rings. The van der Waals surface area contributed by atoms with Gasteiger partial charge in [0, 0.05) is 11.1 Å². The fourth-order valence-electron chi connectivity index (χ4n) is 2.12. The Bertz CT molecular complexity index is 762. The van der Waals surface area contributed by atoms with Crippen molar-refractivity contribution in [3.8, 4) is 0 Å². The van der Waals surface area contributed by atoms with Gasteiger partial charge in [0.15, 0.2) is 0 Å². The van der Waals surface area contributed by atoms with Gasteiger partial charge in [0.2, 0.25) is 5.43 Å². The van der Waals surface area contributed by atoms with Gasteiger partial charge < -0.3 is 9.72 Å². The van der Waals surface area contributed by atoms with Crippen LogP contribution in [0.15, 0.2) is 23.0 Å². The van der Waals surface area contributed by atoms with E-state index in [2.05, 4.69) is 4.98 Å². The topological polar surface area (TPSA) is 59.2 Å². The number of aromatic nitrogens is 1. The minimum absolute atomic E-state index is 0.0441. The molecule has 0 radical (unpaired) electrons. The van der Waals surface area contributed by atoms with Gasteiger partial charge in [0.1, 0.15) is 5.56 Å². The fourth-order valence-corrected chi connectivity index (χ4v) is 2.12. The maximum absolute atomic E-state index is 12.9. The molecule has 0 unspecified atom stereocenters. The normalized spacial score (nSPS) is 11.7. The lowest BCUT2D eigenvalue weighted by atomic mass is 10.0. The standard InChI is InChI=1S/C14H12F3NO3/c1-3-21-13(20)10-7(2)18-11-8(12(10)19)5-4-6-9(11)14(15,16)17/h4-6H,3H2,1-2H3,(H,18,19). The van der Waals surface area contributed by atoms with Crippen LogP contribution in [0.4, 0.5) is 13.2 Å². The average Bonchev–Trinajstić information content (AvgIpc) is 2.37. The van der Waals surface area contributed by atoms with Crippen LogP contribution < -0.4 is 5.43 Å². The van der Waals surface area contributed by atoms with Crippen molar-refractivity contribution < 1.29 is 22.7 Å². The summed E-state index contributed by atoms with van der Waals surface area (Å²) in [6.07, 6.45) is -4.60. The molecule has 112 valence electrons. The number of fused-ring (bicyclic) bond motifs is 1. The van der Waals surface area contributed by atoms with E-state index in [9.17, 15) is 22.8 Å². The first-order valence-electron chi connectivity index (χ1n) is 6.17. The summed E-state index contributed by atoms with van der Waals surface area (Å²) in [4.78, 5) is 26.5. The largest absolute Gasteiger partial charge is 0.462 e. The van der Waals surface area contributed by atoms with Crippen LogP contribution in [-0.4, -0.2) is 17.6 Å². The predicted molar refractivity (Wildman–Crippen MR) is 70.3 cm³/mol. The summed E-state index contributed by atoms with van der Waals surface area (Å²) in [5.41, 5.74) is -2.28. The van der Waals surface area contributed by atoms with E-state index in [4.69, 9.17) is 4.74 Å². The van der Waals surface area contributed by atoms with Gasteiger partial charge in [-0.05, 0) is 26.0 Å². The number of aromatic amines is 1. The van der Waals surface area contributed by atoms with E-state index in [1.807, 2.05) is 0 Å². The third-order valence-corrected chi connectivity index (χ3v) is 3.01. The zero-order valence-electron chi connectivity index (χ0n) is 11.3. The van der Waals surface area contributed by atoms with Crippen molar-refractivity contribution in [1.82, 2.24) is 4.98 Å². The number of para-hydroxylation sites is 1. The first-order chi connectivity index (χ1) is 9.77. The molecule has 1 N–H and O–H groups in total. The van der Waals surface area contributed by atoms with Crippen LogP contribution in [-0.2, 0) is 10.9 Å². The molecule has 1 heterocycles. The van der Waals surface area contributed by atoms with Crippen molar-refractivity contribution in [1.29, 1.82) is 0 Å². The summed E-state index contributed by atoms with van der Waals surface area (Å²) in [6, 6.07) is 3.25. The second-order valence-electron chi connectivity index (χ2n) is 4.40. The molecule has 21 heavy (non-hydrogen) atoms. The number of nitrogens with one attached hydrogen (secondary N) is 1. The van der Waals surface area contributed by atoms with E-state index < -0.39 is 23.1 Å². The van der Waals surface area contributed by atoms with Crippen molar-refractivity contribution in [2.45, 2.75) is 20.0 Å². The second kappa shape index (κ2) is 5.23. The van der Waals surface area contributed by atoms with Crippen molar-refractivity contribution in [3.05, 3.63) is 45.2 Å². The summed E-state index contributed by atoms with van der Waals surface area (Å²) in [7, 11) is 0. The number of benzene rings is 1. The van der Waals surface area contributed by atoms with E-state index >= 15 is 0 Å². The van der Waals surface area contributed by atoms with Crippen LogP contribution in [0.25, 0.3) is 10.9 Å². The van der Waals surface area contributed by atoms with Crippen LogP contribution in [0.1, 0.15) is 28.5 Å². The molecule has 2 aromatic rings. The highest BCUT2D eigenvalue weighted by Gasteiger charge is 2.33. The number of hydrogen-bond acceptors (Lipinski definition) is 3. The smallest absolute Gasteiger partial charge is 0.418 e. The van der Waals surface area contributed by atoms with Crippen LogP contribution in [0.2, 0.25) is 0 Å². The quantitative estimate of drug-likeness (QED) is 0.867. The molecule has 7 heteroatoms. The molecule has 0 amide bonds. The number of ether oxygens (including phenoxy) is 1. The third-order valence-electron chi connectivity index (χ3n) is 3.01. The van der Waals surface area contributed by atoms with Crippen molar-refractivity contribution in [3.63, 3.8) is 0 Å². The van der Waals surface area contributed by atoms with Gasteiger partial charge in [0.05, 0.1) is 17.7 Å². The number of alkyl halides is 3. The number of carbonyl (C=O) groups excluding carboxylic acids is 1.